The van der Waals surface area contributed by atoms with E-state index < -0.39 is 0 Å². The molecule has 2 aromatic rings. The molecule has 2 rings (SSSR count). The Morgan fingerprint density at radius 1 is 1.25 bits per heavy atom. The summed E-state index contributed by atoms with van der Waals surface area (Å²) in [5, 5.41) is 4.08. The minimum Gasteiger partial charge on any atom is -0.369 e. The predicted molar refractivity (Wildman–Crippen MR) is 85.2 cm³/mol. The second kappa shape index (κ2) is 7.27. The lowest BCUT2D eigenvalue weighted by molar-refractivity contribution is 0.727. The Bertz CT molecular complexity index is 543. The third-order valence-electron chi connectivity index (χ3n) is 3.15. The molecule has 0 saturated carbocycles. The van der Waals surface area contributed by atoms with Crippen molar-refractivity contribution < 1.29 is 0 Å². The fraction of sp³-hybridized carbons (Fsp3) is 0.312. The van der Waals surface area contributed by atoms with Crippen LogP contribution in [0.5, 0.6) is 0 Å². The van der Waals surface area contributed by atoms with Crippen molar-refractivity contribution in [3.63, 3.8) is 0 Å². The molecule has 106 valence electrons. The Morgan fingerprint density at radius 2 is 2.10 bits per heavy atom. The third-order valence-corrected chi connectivity index (χ3v) is 3.45. The molecule has 0 aliphatic carbocycles. The van der Waals surface area contributed by atoms with Crippen LogP contribution in [-0.2, 0) is 13.1 Å². The molecule has 0 aliphatic rings. The molecule has 20 heavy (non-hydrogen) atoms. The van der Waals surface area contributed by atoms with Gasteiger partial charge in [0.15, 0.2) is 0 Å². The Balaban J connectivity index is 2.08. The van der Waals surface area contributed by atoms with E-state index in [4.69, 9.17) is 11.6 Å². The lowest BCUT2D eigenvalue weighted by Gasteiger charge is -2.21. The van der Waals surface area contributed by atoms with E-state index >= 15 is 0 Å². The average molecular weight is 290 g/mol. The molecule has 3 nitrogen and oxygen atoms in total. The molecular weight excluding hydrogens is 270 g/mol. The maximum absolute atomic E-state index is 6.38. The zero-order chi connectivity index (χ0) is 14.4. The van der Waals surface area contributed by atoms with Gasteiger partial charge in [0.1, 0.15) is 0 Å². The molecule has 0 radical (unpaired) electrons. The molecule has 0 unspecified atom stereocenters. The molecule has 1 aromatic heterocycles. The molecule has 0 bridgehead atoms. The number of benzene rings is 1. The normalized spacial score (nSPS) is 10.6. The van der Waals surface area contributed by atoms with Crippen molar-refractivity contribution in [2.24, 2.45) is 0 Å². The monoisotopic (exact) mass is 289 g/mol. The first-order valence-corrected chi connectivity index (χ1v) is 7.17. The Labute approximate surface area is 125 Å². The van der Waals surface area contributed by atoms with E-state index in [1.54, 1.807) is 6.20 Å². The van der Waals surface area contributed by atoms with Crippen LogP contribution in [0.1, 0.15) is 18.1 Å². The van der Waals surface area contributed by atoms with Crippen LogP contribution in [0.25, 0.3) is 0 Å². The molecule has 0 fully saturated rings. The maximum atomic E-state index is 6.38. The summed E-state index contributed by atoms with van der Waals surface area (Å²) in [6.07, 6.45) is 3.66. The zero-order valence-corrected chi connectivity index (χ0v) is 12.7. The average Bonchev–Trinajstić information content (AvgIpc) is 2.46. The highest BCUT2D eigenvalue weighted by Gasteiger charge is 2.07. The number of pyridine rings is 1. The van der Waals surface area contributed by atoms with Gasteiger partial charge in [0.2, 0.25) is 0 Å². The minimum atomic E-state index is 0.784. The van der Waals surface area contributed by atoms with Crippen LogP contribution in [0.2, 0.25) is 5.02 Å². The van der Waals surface area contributed by atoms with Crippen LogP contribution in [0.3, 0.4) is 0 Å². The van der Waals surface area contributed by atoms with Crippen molar-refractivity contribution >= 4 is 17.3 Å². The quantitative estimate of drug-likeness (QED) is 0.882. The van der Waals surface area contributed by atoms with E-state index in [2.05, 4.69) is 40.3 Å². The summed E-state index contributed by atoms with van der Waals surface area (Å²) in [5.41, 5.74) is 3.41. The van der Waals surface area contributed by atoms with Crippen molar-refractivity contribution in [3.8, 4) is 0 Å². The van der Waals surface area contributed by atoms with Crippen LogP contribution < -0.4 is 10.2 Å². The van der Waals surface area contributed by atoms with Gasteiger partial charge < -0.3 is 10.2 Å². The van der Waals surface area contributed by atoms with Gasteiger partial charge in [-0.2, -0.15) is 0 Å². The molecule has 1 N–H and O–H groups in total. The van der Waals surface area contributed by atoms with Gasteiger partial charge in [0.25, 0.3) is 0 Å². The molecule has 0 spiro atoms. The van der Waals surface area contributed by atoms with Gasteiger partial charge in [-0.15, -0.1) is 0 Å². The summed E-state index contributed by atoms with van der Waals surface area (Å²) >= 11 is 6.38. The topological polar surface area (TPSA) is 28.2 Å². The first-order valence-electron chi connectivity index (χ1n) is 6.80. The molecule has 0 atom stereocenters. The molecule has 1 aromatic carbocycles. The van der Waals surface area contributed by atoms with Crippen LogP contribution in [-0.4, -0.2) is 18.6 Å². The second-order valence-corrected chi connectivity index (χ2v) is 5.19. The van der Waals surface area contributed by atoms with Gasteiger partial charge in [0, 0.05) is 32.5 Å². The van der Waals surface area contributed by atoms with Crippen LogP contribution in [0.15, 0.2) is 42.7 Å². The van der Waals surface area contributed by atoms with E-state index in [9.17, 15) is 0 Å². The predicted octanol–water partition coefficient (Wildman–Crippen LogP) is 3.48. The number of hydrogen-bond acceptors (Lipinski definition) is 3. The fourth-order valence-corrected chi connectivity index (χ4v) is 2.44. The summed E-state index contributed by atoms with van der Waals surface area (Å²) in [4.78, 5) is 6.27. The zero-order valence-electron chi connectivity index (χ0n) is 11.9. The second-order valence-electron chi connectivity index (χ2n) is 4.78. The van der Waals surface area contributed by atoms with E-state index in [1.165, 1.54) is 11.1 Å². The number of aromatic nitrogens is 1. The first kappa shape index (κ1) is 14.8. The van der Waals surface area contributed by atoms with Crippen LogP contribution >= 0.6 is 11.6 Å². The van der Waals surface area contributed by atoms with Gasteiger partial charge in [-0.25, -0.2) is 0 Å². The summed E-state index contributed by atoms with van der Waals surface area (Å²) in [6, 6.07) is 10.2. The summed E-state index contributed by atoms with van der Waals surface area (Å²) in [5.74, 6) is 0. The van der Waals surface area contributed by atoms with Crippen molar-refractivity contribution in [2.75, 3.05) is 18.5 Å². The molecule has 1 heterocycles. The standard InChI is InChI=1S/C16H20ClN3/c1-3-18-10-13-6-7-16(15(17)9-13)20(2)12-14-5-4-8-19-11-14/h4-9,11,18H,3,10,12H2,1-2H3. The maximum Gasteiger partial charge on any atom is 0.0642 e. The largest absolute Gasteiger partial charge is 0.369 e. The van der Waals surface area contributed by atoms with Crippen molar-refractivity contribution in [2.45, 2.75) is 20.0 Å². The number of nitrogens with one attached hydrogen (secondary N) is 1. The molecule has 0 amide bonds. The summed E-state index contributed by atoms with van der Waals surface area (Å²) < 4.78 is 0. The third kappa shape index (κ3) is 3.95. The Kier molecular flexibility index (Phi) is 5.39. The van der Waals surface area contributed by atoms with Gasteiger partial charge in [0.05, 0.1) is 10.7 Å². The lowest BCUT2D eigenvalue weighted by atomic mass is 10.2. The number of halogens is 1. The molecule has 4 heteroatoms. The van der Waals surface area contributed by atoms with Gasteiger partial charge in [-0.3, -0.25) is 4.98 Å². The van der Waals surface area contributed by atoms with E-state index in [0.29, 0.717) is 0 Å². The van der Waals surface area contributed by atoms with Gasteiger partial charge in [-0.05, 0) is 35.9 Å². The lowest BCUT2D eigenvalue weighted by Crippen LogP contribution is -2.17. The summed E-state index contributed by atoms with van der Waals surface area (Å²) in [7, 11) is 2.04. The SMILES string of the molecule is CCNCc1ccc(N(C)Cc2cccnc2)c(Cl)c1. The minimum absolute atomic E-state index is 0.784. The van der Waals surface area contributed by atoms with E-state index in [-0.39, 0.29) is 0 Å². The van der Waals surface area contributed by atoms with Crippen molar-refractivity contribution in [3.05, 3.63) is 58.9 Å². The highest BCUT2D eigenvalue weighted by Crippen LogP contribution is 2.27. The van der Waals surface area contributed by atoms with E-state index in [0.717, 1.165) is 30.3 Å². The number of anilines is 1. The van der Waals surface area contributed by atoms with Crippen molar-refractivity contribution in [1.82, 2.24) is 10.3 Å². The number of hydrogen-bond donors (Lipinski definition) is 1. The van der Waals surface area contributed by atoms with Gasteiger partial charge in [-0.1, -0.05) is 30.7 Å². The molecule has 0 aliphatic heterocycles. The molecule has 0 saturated heterocycles. The summed E-state index contributed by atoms with van der Waals surface area (Å²) in [6.45, 7) is 4.70. The van der Waals surface area contributed by atoms with Crippen LogP contribution in [0, 0.1) is 0 Å². The number of nitrogens with zero attached hydrogens (tertiary/aromatic N) is 2. The number of rotatable bonds is 6. The fourth-order valence-electron chi connectivity index (χ4n) is 2.09. The van der Waals surface area contributed by atoms with E-state index in [1.807, 2.05) is 25.4 Å². The van der Waals surface area contributed by atoms with Gasteiger partial charge >= 0.3 is 0 Å². The van der Waals surface area contributed by atoms with Crippen molar-refractivity contribution in [1.29, 1.82) is 0 Å². The van der Waals surface area contributed by atoms with Crippen LogP contribution in [0.4, 0.5) is 5.69 Å². The smallest absolute Gasteiger partial charge is 0.0642 e. The highest BCUT2D eigenvalue weighted by atomic mass is 35.5. The Morgan fingerprint density at radius 3 is 2.75 bits per heavy atom. The first-order chi connectivity index (χ1) is 9.70. The highest BCUT2D eigenvalue weighted by molar-refractivity contribution is 6.33. The molecular formula is C16H20ClN3. The Hall–Kier alpha value is -1.58.